The molecule has 100 valence electrons. The van der Waals surface area contributed by atoms with Gasteiger partial charge >= 0.3 is 0 Å². The van der Waals surface area contributed by atoms with Gasteiger partial charge in [0.25, 0.3) is 5.91 Å². The highest BCUT2D eigenvalue weighted by atomic mass is 16.1. The zero-order chi connectivity index (χ0) is 13.2. The van der Waals surface area contributed by atoms with Crippen LogP contribution < -0.4 is 5.32 Å². The molecule has 1 N–H and O–H groups in total. The molecule has 19 heavy (non-hydrogen) atoms. The summed E-state index contributed by atoms with van der Waals surface area (Å²) in [5.41, 5.74) is 1.16. The predicted octanol–water partition coefficient (Wildman–Crippen LogP) is 2.04. The monoisotopic (exact) mass is 258 g/mol. The predicted molar refractivity (Wildman–Crippen MR) is 71.9 cm³/mol. The Labute approximate surface area is 112 Å². The van der Waals surface area contributed by atoms with Crippen molar-refractivity contribution in [2.24, 2.45) is 5.92 Å². The molecule has 2 atom stereocenters. The van der Waals surface area contributed by atoms with Gasteiger partial charge in [0.1, 0.15) is 5.69 Å². The van der Waals surface area contributed by atoms with Crippen molar-refractivity contribution in [3.05, 3.63) is 30.2 Å². The number of aromatic nitrogens is 3. The number of nitrogens with one attached hydrogen (secondary N) is 1. The van der Waals surface area contributed by atoms with E-state index < -0.39 is 0 Å². The first-order chi connectivity index (χ1) is 9.22. The van der Waals surface area contributed by atoms with Gasteiger partial charge in [0.15, 0.2) is 5.65 Å². The van der Waals surface area contributed by atoms with Gasteiger partial charge < -0.3 is 5.32 Å². The molecule has 1 saturated carbocycles. The van der Waals surface area contributed by atoms with E-state index in [1.165, 1.54) is 12.8 Å². The average Bonchev–Trinajstić information content (AvgIpc) is 2.85. The largest absolute Gasteiger partial charge is 0.348 e. The number of amides is 1. The lowest BCUT2D eigenvalue weighted by Gasteiger charge is -2.27. The molecule has 0 spiro atoms. The number of rotatable bonds is 2. The molecule has 2 heterocycles. The van der Waals surface area contributed by atoms with Crippen LogP contribution in [-0.4, -0.2) is 26.5 Å². The van der Waals surface area contributed by atoms with Crippen LogP contribution in [0.15, 0.2) is 24.5 Å². The Bertz CT molecular complexity index is 592. The molecule has 1 aliphatic rings. The minimum Gasteiger partial charge on any atom is -0.348 e. The van der Waals surface area contributed by atoms with E-state index in [-0.39, 0.29) is 5.91 Å². The van der Waals surface area contributed by atoms with Crippen LogP contribution in [0.1, 0.15) is 43.1 Å². The Balaban J connectivity index is 1.72. The first kappa shape index (κ1) is 12.1. The smallest absolute Gasteiger partial charge is 0.270 e. The highest BCUT2D eigenvalue weighted by Gasteiger charge is 2.21. The molecule has 0 bridgehead atoms. The second kappa shape index (κ2) is 4.99. The summed E-state index contributed by atoms with van der Waals surface area (Å²) >= 11 is 0. The molecule has 5 heteroatoms. The molecule has 1 unspecified atom stereocenters. The lowest BCUT2D eigenvalue weighted by Crippen LogP contribution is -2.38. The number of carbonyl (C=O) groups is 1. The Morgan fingerprint density at radius 3 is 3.16 bits per heavy atom. The van der Waals surface area contributed by atoms with Crippen molar-refractivity contribution in [2.75, 3.05) is 0 Å². The standard InChI is InChI=1S/C14H18N4O/c1-10-3-2-4-11(9-10)16-14(19)12-6-8-18-13(17-12)5-7-15-18/h5-8,10-11H,2-4,9H2,1H3,(H,16,19)/t10?,11-/m0/s1. The summed E-state index contributed by atoms with van der Waals surface area (Å²) in [7, 11) is 0. The van der Waals surface area contributed by atoms with Gasteiger partial charge in [-0.05, 0) is 24.8 Å². The van der Waals surface area contributed by atoms with E-state index >= 15 is 0 Å². The second-order valence-electron chi connectivity index (χ2n) is 5.39. The fourth-order valence-corrected chi connectivity index (χ4v) is 2.76. The molecule has 5 nitrogen and oxygen atoms in total. The fourth-order valence-electron chi connectivity index (χ4n) is 2.76. The molecule has 2 aromatic heterocycles. The highest BCUT2D eigenvalue weighted by Crippen LogP contribution is 2.23. The molecule has 1 aliphatic carbocycles. The first-order valence-corrected chi connectivity index (χ1v) is 6.83. The number of carbonyl (C=O) groups excluding carboxylic acids is 1. The van der Waals surface area contributed by atoms with Gasteiger partial charge in [-0.2, -0.15) is 5.10 Å². The Kier molecular flexibility index (Phi) is 3.19. The maximum atomic E-state index is 12.2. The van der Waals surface area contributed by atoms with Gasteiger partial charge in [0.2, 0.25) is 0 Å². The highest BCUT2D eigenvalue weighted by molar-refractivity contribution is 5.92. The fraction of sp³-hybridized carbons (Fsp3) is 0.500. The summed E-state index contributed by atoms with van der Waals surface area (Å²) in [6.07, 6.45) is 8.05. The maximum absolute atomic E-state index is 12.2. The summed E-state index contributed by atoms with van der Waals surface area (Å²) in [6.45, 7) is 2.24. The zero-order valence-electron chi connectivity index (χ0n) is 11.0. The third kappa shape index (κ3) is 2.59. The summed E-state index contributed by atoms with van der Waals surface area (Å²) in [4.78, 5) is 16.5. The minimum absolute atomic E-state index is 0.0807. The molecule has 0 aromatic carbocycles. The van der Waals surface area contributed by atoms with E-state index in [0.29, 0.717) is 23.3 Å². The van der Waals surface area contributed by atoms with Gasteiger partial charge in [-0.25, -0.2) is 9.50 Å². The van der Waals surface area contributed by atoms with Gasteiger partial charge in [-0.1, -0.05) is 19.8 Å². The molecule has 0 aliphatic heterocycles. The lowest BCUT2D eigenvalue weighted by atomic mass is 9.87. The maximum Gasteiger partial charge on any atom is 0.270 e. The van der Waals surface area contributed by atoms with E-state index in [1.54, 1.807) is 29.0 Å². The van der Waals surface area contributed by atoms with Gasteiger partial charge in [-0.3, -0.25) is 4.79 Å². The van der Waals surface area contributed by atoms with Crippen molar-refractivity contribution in [2.45, 2.75) is 38.6 Å². The van der Waals surface area contributed by atoms with Crippen molar-refractivity contribution in [3.63, 3.8) is 0 Å². The molecule has 0 radical (unpaired) electrons. The minimum atomic E-state index is -0.0807. The van der Waals surface area contributed by atoms with Crippen molar-refractivity contribution >= 4 is 11.6 Å². The van der Waals surface area contributed by atoms with Crippen LogP contribution in [0.4, 0.5) is 0 Å². The van der Waals surface area contributed by atoms with Crippen molar-refractivity contribution < 1.29 is 4.79 Å². The van der Waals surface area contributed by atoms with Crippen LogP contribution in [0.2, 0.25) is 0 Å². The summed E-state index contributed by atoms with van der Waals surface area (Å²) in [5, 5.41) is 7.16. The second-order valence-corrected chi connectivity index (χ2v) is 5.39. The normalized spacial score (nSPS) is 23.4. The molecule has 1 fully saturated rings. The Morgan fingerprint density at radius 2 is 2.32 bits per heavy atom. The summed E-state index contributed by atoms with van der Waals surface area (Å²) in [5.74, 6) is 0.618. The topological polar surface area (TPSA) is 59.3 Å². The Hall–Kier alpha value is -1.91. The van der Waals surface area contributed by atoms with E-state index in [2.05, 4.69) is 22.3 Å². The molecular formula is C14H18N4O. The van der Waals surface area contributed by atoms with E-state index in [0.717, 1.165) is 12.8 Å². The average molecular weight is 258 g/mol. The van der Waals surface area contributed by atoms with Crippen LogP contribution in [-0.2, 0) is 0 Å². The van der Waals surface area contributed by atoms with Crippen molar-refractivity contribution in [1.29, 1.82) is 0 Å². The van der Waals surface area contributed by atoms with Crippen LogP contribution >= 0.6 is 0 Å². The first-order valence-electron chi connectivity index (χ1n) is 6.83. The number of fused-ring (bicyclic) bond motifs is 1. The van der Waals surface area contributed by atoms with E-state index in [9.17, 15) is 4.79 Å². The SMILES string of the molecule is CC1CCC[C@H](NC(=O)c2ccn3nccc3n2)C1. The number of nitrogens with zero attached hydrogens (tertiary/aromatic N) is 3. The van der Waals surface area contributed by atoms with Crippen molar-refractivity contribution in [3.8, 4) is 0 Å². The molecule has 1 amide bonds. The van der Waals surface area contributed by atoms with Crippen LogP contribution in [0, 0.1) is 5.92 Å². The van der Waals surface area contributed by atoms with Gasteiger partial charge in [0, 0.05) is 18.3 Å². The number of hydrogen-bond donors (Lipinski definition) is 1. The third-order valence-corrected chi connectivity index (χ3v) is 3.76. The lowest BCUT2D eigenvalue weighted by molar-refractivity contribution is 0.0916. The molecule has 2 aromatic rings. The Morgan fingerprint density at radius 1 is 1.42 bits per heavy atom. The molecular weight excluding hydrogens is 240 g/mol. The van der Waals surface area contributed by atoms with E-state index in [1.807, 2.05) is 0 Å². The van der Waals surface area contributed by atoms with Gasteiger partial charge in [0.05, 0.1) is 6.20 Å². The van der Waals surface area contributed by atoms with Crippen molar-refractivity contribution in [1.82, 2.24) is 19.9 Å². The molecule has 0 saturated heterocycles. The third-order valence-electron chi connectivity index (χ3n) is 3.76. The summed E-state index contributed by atoms with van der Waals surface area (Å²) in [6, 6.07) is 3.79. The van der Waals surface area contributed by atoms with Crippen LogP contribution in [0.5, 0.6) is 0 Å². The molecule has 3 rings (SSSR count). The van der Waals surface area contributed by atoms with Gasteiger partial charge in [-0.15, -0.1) is 0 Å². The quantitative estimate of drug-likeness (QED) is 0.896. The number of hydrogen-bond acceptors (Lipinski definition) is 3. The van der Waals surface area contributed by atoms with Crippen LogP contribution in [0.3, 0.4) is 0 Å². The van der Waals surface area contributed by atoms with E-state index in [4.69, 9.17) is 0 Å². The van der Waals surface area contributed by atoms with Crippen LogP contribution in [0.25, 0.3) is 5.65 Å². The zero-order valence-corrected chi connectivity index (χ0v) is 11.0. The summed E-state index contributed by atoms with van der Waals surface area (Å²) < 4.78 is 1.65.